The second kappa shape index (κ2) is 7.40. The Labute approximate surface area is 171 Å². The Kier molecular flexibility index (Phi) is 4.60. The van der Waals surface area contributed by atoms with Gasteiger partial charge in [-0.3, -0.25) is 9.59 Å². The van der Waals surface area contributed by atoms with Crippen LogP contribution < -0.4 is 5.56 Å². The number of likely N-dealkylation sites (tertiary alicyclic amines) is 1. The molecule has 1 N–H and O–H groups in total. The largest absolute Gasteiger partial charge is 0.333 e. The van der Waals surface area contributed by atoms with Crippen LogP contribution in [0.1, 0.15) is 36.1 Å². The molecule has 1 aliphatic rings. The molecule has 0 aliphatic carbocycles. The highest BCUT2D eigenvalue weighted by Crippen LogP contribution is 2.36. The first kappa shape index (κ1) is 18.0. The molecule has 1 amide bonds. The molecule has 2 aromatic heterocycles. The third-order valence-corrected chi connectivity index (χ3v) is 6.54. The van der Waals surface area contributed by atoms with Crippen molar-refractivity contribution in [3.63, 3.8) is 0 Å². The number of aryl methyl sites for hydroxylation is 1. The van der Waals surface area contributed by atoms with Crippen LogP contribution in [-0.4, -0.2) is 32.3 Å². The first-order valence-corrected chi connectivity index (χ1v) is 10.6. The summed E-state index contributed by atoms with van der Waals surface area (Å²) in [4.78, 5) is 39.2. The molecule has 0 saturated carbocycles. The maximum absolute atomic E-state index is 12.9. The van der Waals surface area contributed by atoms with Gasteiger partial charge in [-0.05, 0) is 37.1 Å². The topological polar surface area (TPSA) is 79.0 Å². The number of fused-ring (bicyclic) bond motifs is 2. The van der Waals surface area contributed by atoms with Crippen LogP contribution in [0.4, 0.5) is 0 Å². The van der Waals surface area contributed by atoms with E-state index in [2.05, 4.69) is 16.0 Å². The fraction of sp³-hybridized carbons (Fsp3) is 0.273. The molecule has 0 spiro atoms. The average Bonchev–Trinajstić information content (AvgIpc) is 3.38. The van der Waals surface area contributed by atoms with E-state index < -0.39 is 0 Å². The predicted molar refractivity (Wildman–Crippen MR) is 114 cm³/mol. The van der Waals surface area contributed by atoms with Gasteiger partial charge in [-0.1, -0.05) is 24.3 Å². The molecule has 7 heteroatoms. The van der Waals surface area contributed by atoms with Crippen molar-refractivity contribution in [1.82, 2.24) is 19.9 Å². The van der Waals surface area contributed by atoms with Crippen LogP contribution in [0, 0.1) is 0 Å². The Morgan fingerprint density at radius 3 is 2.76 bits per heavy atom. The van der Waals surface area contributed by atoms with Gasteiger partial charge in [-0.25, -0.2) is 9.97 Å². The zero-order valence-electron chi connectivity index (χ0n) is 15.8. The van der Waals surface area contributed by atoms with E-state index in [1.165, 1.54) is 0 Å². The van der Waals surface area contributed by atoms with Gasteiger partial charge < -0.3 is 9.88 Å². The number of benzene rings is 2. The molecule has 4 aromatic rings. The van der Waals surface area contributed by atoms with E-state index in [9.17, 15) is 9.59 Å². The second-order valence-electron chi connectivity index (χ2n) is 7.29. The van der Waals surface area contributed by atoms with Gasteiger partial charge in [0.1, 0.15) is 10.8 Å². The lowest BCUT2D eigenvalue weighted by molar-refractivity contribution is -0.132. The average molecular weight is 404 g/mol. The molecule has 6 nitrogen and oxygen atoms in total. The summed E-state index contributed by atoms with van der Waals surface area (Å²) in [6.45, 7) is 0.751. The Morgan fingerprint density at radius 1 is 1.10 bits per heavy atom. The third-order valence-electron chi connectivity index (χ3n) is 5.41. The molecule has 0 unspecified atom stereocenters. The number of H-pyrrole nitrogens is 1. The van der Waals surface area contributed by atoms with Gasteiger partial charge in [0, 0.05) is 19.4 Å². The van der Waals surface area contributed by atoms with E-state index in [0.29, 0.717) is 29.6 Å². The van der Waals surface area contributed by atoms with E-state index in [1.54, 1.807) is 17.4 Å². The normalized spacial score (nSPS) is 16.7. The molecule has 1 saturated heterocycles. The van der Waals surface area contributed by atoms with Gasteiger partial charge >= 0.3 is 0 Å². The van der Waals surface area contributed by atoms with Gasteiger partial charge in [0.2, 0.25) is 5.91 Å². The number of hydrogen-bond donors (Lipinski definition) is 1. The van der Waals surface area contributed by atoms with Crippen molar-refractivity contribution in [3.8, 4) is 0 Å². The van der Waals surface area contributed by atoms with Crippen molar-refractivity contribution in [1.29, 1.82) is 0 Å². The van der Waals surface area contributed by atoms with Gasteiger partial charge in [0.05, 0.1) is 27.2 Å². The van der Waals surface area contributed by atoms with Crippen LogP contribution in [0.25, 0.3) is 21.1 Å². The zero-order valence-corrected chi connectivity index (χ0v) is 16.6. The van der Waals surface area contributed by atoms with Crippen molar-refractivity contribution in [2.24, 2.45) is 0 Å². The number of nitrogens with zero attached hydrogens (tertiary/aromatic N) is 3. The summed E-state index contributed by atoms with van der Waals surface area (Å²) >= 11 is 1.67. The number of hydrogen-bond acceptors (Lipinski definition) is 5. The van der Waals surface area contributed by atoms with Crippen molar-refractivity contribution < 1.29 is 4.79 Å². The van der Waals surface area contributed by atoms with E-state index in [-0.39, 0.29) is 17.5 Å². The lowest BCUT2D eigenvalue weighted by Gasteiger charge is -2.23. The van der Waals surface area contributed by atoms with Gasteiger partial charge in [-0.2, -0.15) is 0 Å². The fourth-order valence-corrected chi connectivity index (χ4v) is 5.09. The number of aromatic amines is 1. The van der Waals surface area contributed by atoms with E-state index in [1.807, 2.05) is 41.3 Å². The number of para-hydroxylation sites is 2. The molecule has 3 heterocycles. The number of carbonyl (C=O) groups is 1. The number of aromatic nitrogens is 3. The minimum Gasteiger partial charge on any atom is -0.333 e. The molecule has 0 radical (unpaired) electrons. The number of amides is 1. The quantitative estimate of drug-likeness (QED) is 0.561. The second-order valence-corrected chi connectivity index (χ2v) is 8.36. The van der Waals surface area contributed by atoms with Crippen molar-refractivity contribution in [3.05, 3.63) is 69.7 Å². The molecule has 1 aliphatic heterocycles. The van der Waals surface area contributed by atoms with Crippen molar-refractivity contribution in [2.45, 2.75) is 31.7 Å². The highest BCUT2D eigenvalue weighted by molar-refractivity contribution is 7.18. The monoisotopic (exact) mass is 404 g/mol. The molecule has 29 heavy (non-hydrogen) atoms. The molecule has 2 aromatic carbocycles. The Hall–Kier alpha value is -3.06. The molecule has 146 valence electrons. The minimum absolute atomic E-state index is 0.0449. The number of nitrogens with one attached hydrogen (secondary N) is 1. The zero-order chi connectivity index (χ0) is 19.8. The first-order valence-electron chi connectivity index (χ1n) is 9.82. The Balaban J connectivity index is 1.33. The maximum atomic E-state index is 12.9. The van der Waals surface area contributed by atoms with E-state index in [0.717, 1.165) is 34.6 Å². The van der Waals surface area contributed by atoms with E-state index in [4.69, 9.17) is 4.98 Å². The van der Waals surface area contributed by atoms with Crippen LogP contribution in [0.2, 0.25) is 0 Å². The summed E-state index contributed by atoms with van der Waals surface area (Å²) < 4.78 is 1.15. The van der Waals surface area contributed by atoms with Crippen LogP contribution in [0.5, 0.6) is 0 Å². The number of thiazole rings is 1. The third kappa shape index (κ3) is 3.42. The summed E-state index contributed by atoms with van der Waals surface area (Å²) in [5.74, 6) is 0.639. The molecule has 1 fully saturated rings. The summed E-state index contributed by atoms with van der Waals surface area (Å²) in [6.07, 6.45) is 2.67. The molecule has 5 rings (SSSR count). The highest BCUT2D eigenvalue weighted by atomic mass is 32.1. The van der Waals surface area contributed by atoms with Crippen molar-refractivity contribution in [2.75, 3.05) is 6.54 Å². The summed E-state index contributed by atoms with van der Waals surface area (Å²) in [5.41, 5.74) is 1.49. The number of rotatable bonds is 4. The molecule has 1 atom stereocenters. The maximum Gasteiger partial charge on any atom is 0.258 e. The van der Waals surface area contributed by atoms with Gasteiger partial charge in [0.15, 0.2) is 0 Å². The van der Waals surface area contributed by atoms with Gasteiger partial charge in [0.25, 0.3) is 5.56 Å². The highest BCUT2D eigenvalue weighted by Gasteiger charge is 2.32. The fourth-order valence-electron chi connectivity index (χ4n) is 3.98. The lowest BCUT2D eigenvalue weighted by Crippen LogP contribution is -2.31. The van der Waals surface area contributed by atoms with Crippen LogP contribution in [0.15, 0.2) is 53.3 Å². The minimum atomic E-state index is -0.161. The van der Waals surface area contributed by atoms with Crippen molar-refractivity contribution >= 4 is 38.4 Å². The molecular formula is C22H20N4O2S. The predicted octanol–water partition coefficient (Wildman–Crippen LogP) is 3.83. The Morgan fingerprint density at radius 2 is 1.90 bits per heavy atom. The standard InChI is InChI=1S/C22H20N4O2S/c27-20(12-11-19-23-15-7-2-1-6-14(15)21(28)25-19)26-13-5-9-17(26)22-24-16-8-3-4-10-18(16)29-22/h1-4,6-8,10,17H,5,9,11-13H2,(H,23,25,28)/t17-/m1/s1. The lowest BCUT2D eigenvalue weighted by atomic mass is 10.2. The van der Waals surface area contributed by atoms with Crippen LogP contribution >= 0.6 is 11.3 Å². The van der Waals surface area contributed by atoms with E-state index >= 15 is 0 Å². The van der Waals surface area contributed by atoms with Crippen LogP contribution in [0.3, 0.4) is 0 Å². The summed E-state index contributed by atoms with van der Waals surface area (Å²) in [6, 6.07) is 15.4. The number of carbonyl (C=O) groups excluding carboxylic acids is 1. The van der Waals surface area contributed by atoms with Crippen LogP contribution in [-0.2, 0) is 11.2 Å². The SMILES string of the molecule is O=C(CCc1nc2ccccc2c(=O)[nH]1)N1CCC[C@@H]1c1nc2ccccc2s1. The smallest absolute Gasteiger partial charge is 0.258 e. The Bertz CT molecular complexity index is 1230. The summed E-state index contributed by atoms with van der Waals surface area (Å²) in [5, 5.41) is 1.58. The first-order chi connectivity index (χ1) is 14.2. The molecule has 0 bridgehead atoms. The van der Waals surface area contributed by atoms with Gasteiger partial charge in [-0.15, -0.1) is 11.3 Å². The molecular weight excluding hydrogens is 384 g/mol. The summed E-state index contributed by atoms with van der Waals surface area (Å²) in [7, 11) is 0.